The highest BCUT2D eigenvalue weighted by Gasteiger charge is 2.05. The van der Waals surface area contributed by atoms with Crippen molar-refractivity contribution < 1.29 is 0 Å². The molecule has 4 nitrogen and oxygen atoms in total. The molecule has 0 saturated carbocycles. The second-order valence-electron chi connectivity index (χ2n) is 3.92. The molecule has 0 radical (unpaired) electrons. The molecule has 0 spiro atoms. The van der Waals surface area contributed by atoms with Crippen LogP contribution in [0.25, 0.3) is 0 Å². The van der Waals surface area contributed by atoms with Gasteiger partial charge in [0, 0.05) is 24.0 Å². The fraction of sp³-hybridized carbons (Fsp3) is 0.231. The number of aromatic nitrogens is 2. The molecular weight excluding hydrogens is 214 g/mol. The van der Waals surface area contributed by atoms with Crippen LogP contribution in [0.2, 0.25) is 0 Å². The minimum absolute atomic E-state index is 0.0295. The van der Waals surface area contributed by atoms with Crippen LogP contribution in [0.4, 0.5) is 0 Å². The predicted molar refractivity (Wildman–Crippen MR) is 66.7 cm³/mol. The van der Waals surface area contributed by atoms with Crippen molar-refractivity contribution in [3.63, 3.8) is 0 Å². The van der Waals surface area contributed by atoms with Gasteiger partial charge in [0.1, 0.15) is 0 Å². The highest BCUT2D eigenvalue weighted by molar-refractivity contribution is 5.17. The van der Waals surface area contributed by atoms with Crippen molar-refractivity contribution in [2.24, 2.45) is 5.73 Å². The van der Waals surface area contributed by atoms with E-state index < -0.39 is 0 Å². The molecule has 0 aliphatic carbocycles. The third-order valence-corrected chi connectivity index (χ3v) is 2.74. The van der Waals surface area contributed by atoms with Gasteiger partial charge in [0.05, 0.1) is 12.2 Å². The minimum atomic E-state index is -0.0295. The van der Waals surface area contributed by atoms with E-state index in [1.54, 1.807) is 16.8 Å². The smallest absolute Gasteiger partial charge is 0.255 e. The number of hydrogen-bond acceptors (Lipinski definition) is 3. The Kier molecular flexibility index (Phi) is 3.35. The molecule has 4 heteroatoms. The van der Waals surface area contributed by atoms with E-state index >= 15 is 0 Å². The van der Waals surface area contributed by atoms with E-state index in [2.05, 4.69) is 4.98 Å². The van der Waals surface area contributed by atoms with E-state index in [4.69, 9.17) is 5.73 Å². The van der Waals surface area contributed by atoms with Crippen LogP contribution in [0.5, 0.6) is 0 Å². The number of hydrogen-bond donors (Lipinski definition) is 1. The fourth-order valence-electron chi connectivity index (χ4n) is 1.72. The monoisotopic (exact) mass is 229 g/mol. The second kappa shape index (κ2) is 4.93. The van der Waals surface area contributed by atoms with Gasteiger partial charge in [-0.3, -0.25) is 9.78 Å². The van der Waals surface area contributed by atoms with Gasteiger partial charge in [0.2, 0.25) is 0 Å². The molecule has 2 aromatic rings. The molecule has 0 aromatic carbocycles. The van der Waals surface area contributed by atoms with Crippen LogP contribution in [0.3, 0.4) is 0 Å². The lowest BCUT2D eigenvalue weighted by atomic mass is 10.2. The van der Waals surface area contributed by atoms with Gasteiger partial charge in [0.15, 0.2) is 0 Å². The van der Waals surface area contributed by atoms with Crippen molar-refractivity contribution in [2.45, 2.75) is 20.0 Å². The Morgan fingerprint density at radius 3 is 2.76 bits per heavy atom. The molecule has 2 aromatic heterocycles. The molecule has 0 fully saturated rings. The number of nitrogens with zero attached hydrogens (tertiary/aromatic N) is 2. The number of rotatable bonds is 3. The summed E-state index contributed by atoms with van der Waals surface area (Å²) in [5, 5.41) is 0. The Bertz CT molecular complexity index is 561. The van der Waals surface area contributed by atoms with Crippen molar-refractivity contribution in [1.82, 2.24) is 9.55 Å². The maximum Gasteiger partial charge on any atom is 0.255 e. The first-order valence-electron chi connectivity index (χ1n) is 5.51. The Morgan fingerprint density at radius 2 is 2.12 bits per heavy atom. The van der Waals surface area contributed by atoms with Crippen molar-refractivity contribution in [1.29, 1.82) is 0 Å². The van der Waals surface area contributed by atoms with E-state index in [9.17, 15) is 4.79 Å². The molecule has 17 heavy (non-hydrogen) atoms. The quantitative estimate of drug-likeness (QED) is 0.856. The average molecular weight is 229 g/mol. The van der Waals surface area contributed by atoms with Crippen molar-refractivity contribution in [2.75, 3.05) is 0 Å². The van der Waals surface area contributed by atoms with Gasteiger partial charge in [-0.05, 0) is 25.1 Å². The van der Waals surface area contributed by atoms with Crippen LogP contribution in [0, 0.1) is 6.92 Å². The summed E-state index contributed by atoms with van der Waals surface area (Å²) in [7, 11) is 0. The molecule has 0 saturated heterocycles. The molecule has 2 N–H and O–H groups in total. The van der Waals surface area contributed by atoms with E-state index in [1.165, 1.54) is 0 Å². The van der Waals surface area contributed by atoms with Gasteiger partial charge in [-0.25, -0.2) is 0 Å². The maximum atomic E-state index is 12.1. The lowest BCUT2D eigenvalue weighted by Gasteiger charge is -2.10. The van der Waals surface area contributed by atoms with Crippen LogP contribution in [0.1, 0.15) is 17.0 Å². The van der Waals surface area contributed by atoms with Crippen molar-refractivity contribution in [3.8, 4) is 0 Å². The molecule has 0 aliphatic rings. The first kappa shape index (κ1) is 11.5. The van der Waals surface area contributed by atoms with Gasteiger partial charge < -0.3 is 10.3 Å². The SMILES string of the molecule is Cc1ccc(CN)c(=O)n1Cc1ccccn1. The third-order valence-electron chi connectivity index (χ3n) is 2.74. The molecule has 0 amide bonds. The van der Waals surface area contributed by atoms with Crippen LogP contribution < -0.4 is 11.3 Å². The lowest BCUT2D eigenvalue weighted by Crippen LogP contribution is -2.27. The van der Waals surface area contributed by atoms with Crippen LogP contribution in [-0.4, -0.2) is 9.55 Å². The van der Waals surface area contributed by atoms with Gasteiger partial charge in [-0.1, -0.05) is 12.1 Å². The van der Waals surface area contributed by atoms with Crippen LogP contribution >= 0.6 is 0 Å². The topological polar surface area (TPSA) is 60.9 Å². The second-order valence-corrected chi connectivity index (χ2v) is 3.92. The zero-order valence-corrected chi connectivity index (χ0v) is 9.76. The largest absolute Gasteiger partial charge is 0.326 e. The zero-order chi connectivity index (χ0) is 12.3. The van der Waals surface area contributed by atoms with Gasteiger partial charge in [-0.15, -0.1) is 0 Å². The summed E-state index contributed by atoms with van der Waals surface area (Å²) in [4.78, 5) is 16.3. The molecular formula is C13H15N3O. The average Bonchev–Trinajstić information content (AvgIpc) is 2.36. The van der Waals surface area contributed by atoms with Crippen molar-refractivity contribution in [3.05, 3.63) is 63.8 Å². The number of nitrogens with two attached hydrogens (primary N) is 1. The van der Waals surface area contributed by atoms with E-state index in [1.807, 2.05) is 31.2 Å². The Hall–Kier alpha value is -1.94. The summed E-state index contributed by atoms with van der Waals surface area (Å²) in [6.07, 6.45) is 1.72. The summed E-state index contributed by atoms with van der Waals surface area (Å²) >= 11 is 0. The standard InChI is InChI=1S/C13H15N3O/c1-10-5-6-11(8-14)13(17)16(10)9-12-4-2-3-7-15-12/h2-7H,8-9,14H2,1H3. The van der Waals surface area contributed by atoms with Gasteiger partial charge in [0.25, 0.3) is 5.56 Å². The van der Waals surface area contributed by atoms with E-state index in [0.717, 1.165) is 11.4 Å². The Morgan fingerprint density at radius 1 is 1.29 bits per heavy atom. The number of aryl methyl sites for hydroxylation is 1. The molecule has 0 atom stereocenters. The summed E-state index contributed by atoms with van der Waals surface area (Å²) < 4.78 is 1.70. The van der Waals surface area contributed by atoms with E-state index in [0.29, 0.717) is 12.1 Å². The molecule has 2 heterocycles. The Labute approximate surface area is 99.7 Å². The molecule has 0 unspecified atom stereocenters. The summed E-state index contributed by atoms with van der Waals surface area (Å²) in [5.74, 6) is 0. The Balaban J connectivity index is 2.42. The van der Waals surface area contributed by atoms with Crippen molar-refractivity contribution >= 4 is 0 Å². The summed E-state index contributed by atoms with van der Waals surface area (Å²) in [6, 6.07) is 9.37. The lowest BCUT2D eigenvalue weighted by molar-refractivity contribution is 0.701. The fourth-order valence-corrected chi connectivity index (χ4v) is 1.72. The molecule has 0 aliphatic heterocycles. The molecule has 2 rings (SSSR count). The first-order valence-corrected chi connectivity index (χ1v) is 5.51. The van der Waals surface area contributed by atoms with Gasteiger partial charge >= 0.3 is 0 Å². The minimum Gasteiger partial charge on any atom is -0.326 e. The normalized spacial score (nSPS) is 10.5. The number of pyridine rings is 2. The van der Waals surface area contributed by atoms with Crippen LogP contribution in [-0.2, 0) is 13.1 Å². The summed E-state index contributed by atoms with van der Waals surface area (Å²) in [5.41, 5.74) is 7.92. The first-order chi connectivity index (χ1) is 8.22. The van der Waals surface area contributed by atoms with E-state index in [-0.39, 0.29) is 12.1 Å². The highest BCUT2D eigenvalue weighted by atomic mass is 16.1. The van der Waals surface area contributed by atoms with Crippen LogP contribution in [0.15, 0.2) is 41.3 Å². The molecule has 0 bridgehead atoms. The molecule has 88 valence electrons. The summed E-state index contributed by atoms with van der Waals surface area (Å²) in [6.45, 7) is 2.66. The van der Waals surface area contributed by atoms with Gasteiger partial charge in [-0.2, -0.15) is 0 Å². The predicted octanol–water partition coefficient (Wildman–Crippen LogP) is 1.06. The maximum absolute atomic E-state index is 12.1. The zero-order valence-electron chi connectivity index (χ0n) is 9.76. The highest BCUT2D eigenvalue weighted by Crippen LogP contribution is 2.02. The third kappa shape index (κ3) is 2.42.